The van der Waals surface area contributed by atoms with Gasteiger partial charge in [-0.05, 0) is 56.8 Å². The second-order valence-corrected chi connectivity index (χ2v) is 8.37. The van der Waals surface area contributed by atoms with Gasteiger partial charge in [0.25, 0.3) is 0 Å². The molecule has 0 spiro atoms. The lowest BCUT2D eigenvalue weighted by molar-refractivity contribution is 0.0352. The zero-order valence-corrected chi connectivity index (χ0v) is 13.3. The van der Waals surface area contributed by atoms with Crippen molar-refractivity contribution in [2.24, 2.45) is 11.3 Å². The first-order valence-electron chi connectivity index (χ1n) is 8.44. The minimum absolute atomic E-state index is 0.401. The van der Waals surface area contributed by atoms with Crippen LogP contribution >= 0.6 is 0 Å². The highest BCUT2D eigenvalue weighted by atomic mass is 15.3. The Morgan fingerprint density at radius 2 is 1.89 bits per heavy atom. The van der Waals surface area contributed by atoms with Crippen molar-refractivity contribution in [2.75, 3.05) is 13.1 Å². The lowest BCUT2D eigenvalue weighted by Crippen LogP contribution is -2.65. The van der Waals surface area contributed by atoms with Crippen molar-refractivity contribution in [3.63, 3.8) is 0 Å². The van der Waals surface area contributed by atoms with Gasteiger partial charge < -0.3 is 5.32 Å². The van der Waals surface area contributed by atoms with E-state index >= 15 is 0 Å². The average Bonchev–Trinajstić information content (AvgIpc) is 3.15. The Bertz CT molecular complexity index is 334. The zero-order chi connectivity index (χ0) is 13.7. The van der Waals surface area contributed by atoms with Crippen LogP contribution in [0.3, 0.4) is 0 Å². The molecule has 1 heterocycles. The van der Waals surface area contributed by atoms with Crippen LogP contribution in [0.1, 0.15) is 66.2 Å². The average molecular weight is 264 g/mol. The second kappa shape index (κ2) is 4.73. The largest absolute Gasteiger partial charge is 0.308 e. The van der Waals surface area contributed by atoms with Crippen LogP contribution in [0.5, 0.6) is 0 Å². The van der Waals surface area contributed by atoms with Crippen LogP contribution < -0.4 is 5.32 Å². The first kappa shape index (κ1) is 13.9. The van der Waals surface area contributed by atoms with Gasteiger partial charge in [-0.1, -0.05) is 20.8 Å². The summed E-state index contributed by atoms with van der Waals surface area (Å²) in [6.07, 6.45) is 8.44. The van der Waals surface area contributed by atoms with E-state index in [2.05, 4.69) is 37.9 Å². The molecule has 2 saturated carbocycles. The van der Waals surface area contributed by atoms with E-state index in [9.17, 15) is 0 Å². The molecule has 0 aromatic rings. The topological polar surface area (TPSA) is 15.3 Å². The van der Waals surface area contributed by atoms with Gasteiger partial charge in [-0.2, -0.15) is 0 Å². The predicted molar refractivity (Wildman–Crippen MR) is 81.3 cm³/mol. The lowest BCUT2D eigenvalue weighted by atomic mass is 9.88. The molecule has 1 saturated heterocycles. The van der Waals surface area contributed by atoms with E-state index < -0.39 is 0 Å². The molecular formula is C17H32N2. The third kappa shape index (κ3) is 2.71. The number of nitrogens with zero attached hydrogens (tertiary/aromatic N) is 1. The fourth-order valence-corrected chi connectivity index (χ4v) is 4.51. The van der Waals surface area contributed by atoms with Gasteiger partial charge in [0.1, 0.15) is 0 Å². The van der Waals surface area contributed by atoms with Crippen LogP contribution in [0, 0.1) is 11.3 Å². The second-order valence-electron chi connectivity index (χ2n) is 8.37. The third-order valence-corrected chi connectivity index (χ3v) is 6.08. The molecule has 0 amide bonds. The standard InChI is InChI=1S/C17H32N2/c1-5-14-11-18-17(4,13-6-7-13)12-19(14)15-8-9-16(2,3)10-15/h13-15,18H,5-12H2,1-4H3. The van der Waals surface area contributed by atoms with Crippen LogP contribution in [-0.4, -0.2) is 35.6 Å². The maximum Gasteiger partial charge on any atom is 0.0309 e. The summed E-state index contributed by atoms with van der Waals surface area (Å²) in [5.74, 6) is 0.946. The van der Waals surface area contributed by atoms with E-state index in [1.54, 1.807) is 0 Å². The van der Waals surface area contributed by atoms with Crippen LogP contribution in [0.25, 0.3) is 0 Å². The first-order valence-corrected chi connectivity index (χ1v) is 8.44. The molecule has 0 radical (unpaired) electrons. The molecule has 3 unspecified atom stereocenters. The Kier molecular flexibility index (Phi) is 3.46. The number of piperazine rings is 1. The third-order valence-electron chi connectivity index (χ3n) is 6.08. The molecule has 0 bridgehead atoms. The van der Waals surface area contributed by atoms with Crippen molar-refractivity contribution < 1.29 is 0 Å². The van der Waals surface area contributed by atoms with Crippen molar-refractivity contribution in [1.29, 1.82) is 0 Å². The summed E-state index contributed by atoms with van der Waals surface area (Å²) >= 11 is 0. The summed E-state index contributed by atoms with van der Waals surface area (Å²) in [7, 11) is 0. The van der Waals surface area contributed by atoms with E-state index in [0.717, 1.165) is 18.0 Å². The number of hydrogen-bond donors (Lipinski definition) is 1. The highest BCUT2D eigenvalue weighted by Gasteiger charge is 2.48. The number of rotatable bonds is 3. The summed E-state index contributed by atoms with van der Waals surface area (Å²) in [4.78, 5) is 2.89. The molecule has 1 aliphatic heterocycles. The SMILES string of the molecule is CCC1CNC(C)(C2CC2)CN1C1CCC(C)(C)C1. The smallest absolute Gasteiger partial charge is 0.0309 e. The van der Waals surface area contributed by atoms with Crippen molar-refractivity contribution in [2.45, 2.75) is 83.8 Å². The van der Waals surface area contributed by atoms with Gasteiger partial charge in [0.2, 0.25) is 0 Å². The van der Waals surface area contributed by atoms with Crippen LogP contribution in [-0.2, 0) is 0 Å². The van der Waals surface area contributed by atoms with E-state index in [4.69, 9.17) is 0 Å². The van der Waals surface area contributed by atoms with E-state index in [-0.39, 0.29) is 0 Å². The van der Waals surface area contributed by atoms with Gasteiger partial charge in [-0.3, -0.25) is 4.90 Å². The summed E-state index contributed by atoms with van der Waals surface area (Å²) < 4.78 is 0. The Balaban J connectivity index is 1.72. The minimum Gasteiger partial charge on any atom is -0.308 e. The lowest BCUT2D eigenvalue weighted by Gasteiger charge is -2.49. The predicted octanol–water partition coefficient (Wildman–Crippen LogP) is 3.42. The Morgan fingerprint density at radius 1 is 1.16 bits per heavy atom. The van der Waals surface area contributed by atoms with Gasteiger partial charge in [-0.15, -0.1) is 0 Å². The molecule has 2 nitrogen and oxygen atoms in total. The Hall–Kier alpha value is -0.0800. The van der Waals surface area contributed by atoms with Crippen LogP contribution in [0.15, 0.2) is 0 Å². The van der Waals surface area contributed by atoms with Gasteiger partial charge >= 0.3 is 0 Å². The molecule has 2 aliphatic carbocycles. The molecule has 0 aromatic heterocycles. The summed E-state index contributed by atoms with van der Waals surface area (Å²) in [6.45, 7) is 12.2. The van der Waals surface area contributed by atoms with E-state index in [1.807, 2.05) is 0 Å². The molecule has 1 N–H and O–H groups in total. The number of hydrogen-bond acceptors (Lipinski definition) is 2. The van der Waals surface area contributed by atoms with Crippen molar-refractivity contribution >= 4 is 0 Å². The van der Waals surface area contributed by atoms with Gasteiger partial charge in [0, 0.05) is 30.7 Å². The van der Waals surface area contributed by atoms with E-state index in [0.29, 0.717) is 11.0 Å². The van der Waals surface area contributed by atoms with Crippen molar-refractivity contribution in [3.05, 3.63) is 0 Å². The summed E-state index contributed by atoms with van der Waals surface area (Å²) in [6, 6.07) is 1.62. The molecule has 3 rings (SSSR count). The first-order chi connectivity index (χ1) is 8.93. The van der Waals surface area contributed by atoms with Crippen molar-refractivity contribution in [1.82, 2.24) is 10.2 Å². The van der Waals surface area contributed by atoms with Crippen LogP contribution in [0.4, 0.5) is 0 Å². The fourth-order valence-electron chi connectivity index (χ4n) is 4.51. The summed E-state index contributed by atoms with van der Waals surface area (Å²) in [5.41, 5.74) is 0.974. The molecule has 3 fully saturated rings. The molecule has 2 heteroatoms. The van der Waals surface area contributed by atoms with E-state index in [1.165, 1.54) is 51.6 Å². The fraction of sp³-hybridized carbons (Fsp3) is 1.00. The maximum absolute atomic E-state index is 3.89. The highest BCUT2D eigenvalue weighted by molar-refractivity contribution is 5.06. The molecule has 110 valence electrons. The Morgan fingerprint density at radius 3 is 2.42 bits per heavy atom. The normalized spacial score (nSPS) is 43.6. The minimum atomic E-state index is 0.401. The molecular weight excluding hydrogens is 232 g/mol. The van der Waals surface area contributed by atoms with Crippen molar-refractivity contribution in [3.8, 4) is 0 Å². The molecule has 3 atom stereocenters. The molecule has 0 aromatic carbocycles. The zero-order valence-electron chi connectivity index (χ0n) is 13.3. The highest BCUT2D eigenvalue weighted by Crippen LogP contribution is 2.45. The molecule has 19 heavy (non-hydrogen) atoms. The van der Waals surface area contributed by atoms with Gasteiger partial charge in [-0.25, -0.2) is 0 Å². The molecule has 3 aliphatic rings. The maximum atomic E-state index is 3.89. The monoisotopic (exact) mass is 264 g/mol. The van der Waals surface area contributed by atoms with Gasteiger partial charge in [0.15, 0.2) is 0 Å². The van der Waals surface area contributed by atoms with Crippen LogP contribution in [0.2, 0.25) is 0 Å². The Labute approximate surface area is 119 Å². The van der Waals surface area contributed by atoms with Gasteiger partial charge in [0.05, 0.1) is 0 Å². The number of nitrogens with one attached hydrogen (secondary N) is 1. The summed E-state index contributed by atoms with van der Waals surface area (Å²) in [5, 5.41) is 3.89. The quantitative estimate of drug-likeness (QED) is 0.840.